The van der Waals surface area contributed by atoms with E-state index in [0.717, 1.165) is 10.8 Å². The van der Waals surface area contributed by atoms with Crippen molar-refractivity contribution in [1.29, 1.82) is 0 Å². The van der Waals surface area contributed by atoms with Crippen LogP contribution in [0.4, 0.5) is 5.69 Å². The number of rotatable bonds is 6. The number of amides is 1. The molecule has 0 saturated heterocycles. The van der Waals surface area contributed by atoms with E-state index >= 15 is 0 Å². The Kier molecular flexibility index (Phi) is 5.44. The maximum atomic E-state index is 12.6. The van der Waals surface area contributed by atoms with Crippen molar-refractivity contribution in [2.24, 2.45) is 5.10 Å². The molecule has 4 rings (SSSR count). The largest absolute Gasteiger partial charge is 0.496 e. The number of fused-ring (bicyclic) bond motifs is 1. The van der Waals surface area contributed by atoms with Crippen LogP contribution in [0, 0.1) is 10.1 Å². The summed E-state index contributed by atoms with van der Waals surface area (Å²) in [5, 5.41) is 17.0. The zero-order valence-electron chi connectivity index (χ0n) is 16.4. The first-order valence-electron chi connectivity index (χ1n) is 9.30. The Balaban J connectivity index is 1.52. The van der Waals surface area contributed by atoms with E-state index in [1.807, 2.05) is 24.3 Å². The van der Waals surface area contributed by atoms with Gasteiger partial charge in [-0.15, -0.1) is 0 Å². The van der Waals surface area contributed by atoms with Gasteiger partial charge in [0.2, 0.25) is 0 Å². The van der Waals surface area contributed by atoms with Crippen molar-refractivity contribution in [3.05, 3.63) is 94.2 Å². The Hall–Kier alpha value is -4.46. The number of furan rings is 1. The highest BCUT2D eigenvalue weighted by molar-refractivity contribution is 6.01. The molecule has 0 bridgehead atoms. The van der Waals surface area contributed by atoms with Gasteiger partial charge in [-0.1, -0.05) is 36.4 Å². The first-order chi connectivity index (χ1) is 15.1. The second-order valence-electron chi connectivity index (χ2n) is 6.58. The molecule has 0 fully saturated rings. The van der Waals surface area contributed by atoms with Crippen molar-refractivity contribution in [3.8, 4) is 17.1 Å². The summed E-state index contributed by atoms with van der Waals surface area (Å²) >= 11 is 0. The van der Waals surface area contributed by atoms with Crippen molar-refractivity contribution in [1.82, 2.24) is 5.43 Å². The number of hydrogen-bond donors (Lipinski definition) is 1. The molecule has 31 heavy (non-hydrogen) atoms. The van der Waals surface area contributed by atoms with Crippen LogP contribution in [0.5, 0.6) is 5.75 Å². The van der Waals surface area contributed by atoms with Crippen molar-refractivity contribution in [2.45, 2.75) is 0 Å². The minimum atomic E-state index is -0.469. The Morgan fingerprint density at radius 2 is 1.77 bits per heavy atom. The van der Waals surface area contributed by atoms with Crippen LogP contribution in [0.2, 0.25) is 0 Å². The van der Waals surface area contributed by atoms with E-state index in [2.05, 4.69) is 10.5 Å². The number of methoxy groups -OCH3 is 1. The summed E-state index contributed by atoms with van der Waals surface area (Å²) in [6.07, 6.45) is 1.32. The topological polar surface area (TPSA) is 107 Å². The maximum absolute atomic E-state index is 12.6. The Labute approximate surface area is 176 Å². The summed E-state index contributed by atoms with van der Waals surface area (Å²) in [5.74, 6) is 0.655. The fourth-order valence-electron chi connectivity index (χ4n) is 3.19. The number of ether oxygens (including phenoxy) is 1. The quantitative estimate of drug-likeness (QED) is 0.277. The summed E-state index contributed by atoms with van der Waals surface area (Å²) in [7, 11) is 1.50. The lowest BCUT2D eigenvalue weighted by atomic mass is 10.1. The second kappa shape index (κ2) is 8.50. The van der Waals surface area contributed by atoms with E-state index in [9.17, 15) is 14.9 Å². The van der Waals surface area contributed by atoms with Crippen LogP contribution >= 0.6 is 0 Å². The number of nitrogens with zero attached hydrogens (tertiary/aromatic N) is 2. The molecule has 0 unspecified atom stereocenters. The van der Waals surface area contributed by atoms with Gasteiger partial charge >= 0.3 is 0 Å². The predicted octanol–water partition coefficient (Wildman–Crippen LogP) is 4.78. The molecular weight excluding hydrogens is 398 g/mol. The van der Waals surface area contributed by atoms with Crippen molar-refractivity contribution < 1.29 is 18.9 Å². The average Bonchev–Trinajstić information content (AvgIpc) is 3.26. The van der Waals surface area contributed by atoms with Crippen molar-refractivity contribution in [2.75, 3.05) is 7.11 Å². The lowest BCUT2D eigenvalue weighted by Gasteiger charge is -2.09. The number of hydrogen-bond acceptors (Lipinski definition) is 6. The Morgan fingerprint density at radius 3 is 2.52 bits per heavy atom. The molecule has 154 valence electrons. The van der Waals surface area contributed by atoms with Crippen LogP contribution in [0.25, 0.3) is 22.1 Å². The van der Waals surface area contributed by atoms with Gasteiger partial charge in [0, 0.05) is 6.07 Å². The second-order valence-corrected chi connectivity index (χ2v) is 6.58. The van der Waals surface area contributed by atoms with Crippen molar-refractivity contribution >= 4 is 28.6 Å². The Bertz CT molecular complexity index is 1310. The fraction of sp³-hybridized carbons (Fsp3) is 0.0435. The van der Waals surface area contributed by atoms with Gasteiger partial charge in [0.05, 0.1) is 29.4 Å². The normalized spacial score (nSPS) is 11.0. The van der Waals surface area contributed by atoms with E-state index in [1.54, 1.807) is 42.5 Å². The molecule has 1 heterocycles. The number of hydrazone groups is 1. The van der Waals surface area contributed by atoms with Crippen LogP contribution in [0.15, 0.2) is 82.3 Å². The van der Waals surface area contributed by atoms with Crippen LogP contribution in [-0.2, 0) is 0 Å². The van der Waals surface area contributed by atoms with E-state index < -0.39 is 10.8 Å². The molecule has 0 radical (unpaired) electrons. The highest BCUT2D eigenvalue weighted by Gasteiger charge is 2.17. The third-order valence-corrected chi connectivity index (χ3v) is 4.66. The smallest absolute Gasteiger partial charge is 0.280 e. The number of nitro benzene ring substituents is 1. The van der Waals surface area contributed by atoms with Gasteiger partial charge in [-0.2, -0.15) is 5.10 Å². The van der Waals surface area contributed by atoms with Gasteiger partial charge < -0.3 is 9.15 Å². The molecule has 0 atom stereocenters. The molecule has 1 N–H and O–H groups in total. The molecule has 8 nitrogen and oxygen atoms in total. The Morgan fingerprint density at radius 1 is 1.06 bits per heavy atom. The molecule has 0 saturated carbocycles. The molecule has 8 heteroatoms. The van der Waals surface area contributed by atoms with Gasteiger partial charge in [0.15, 0.2) is 0 Å². The van der Waals surface area contributed by atoms with Crippen LogP contribution < -0.4 is 10.2 Å². The molecular formula is C23H17N3O5. The number of carbonyl (C=O) groups is 1. The van der Waals surface area contributed by atoms with Crippen LogP contribution in [0.3, 0.4) is 0 Å². The summed E-state index contributed by atoms with van der Waals surface area (Å²) < 4.78 is 11.0. The maximum Gasteiger partial charge on any atom is 0.280 e. The zero-order valence-corrected chi connectivity index (χ0v) is 16.4. The predicted molar refractivity (Wildman–Crippen MR) is 116 cm³/mol. The SMILES string of the molecule is COc1cc2ccccc2cc1C(=O)N/N=C/c1ccc(-c2ccccc2[N+](=O)[O-])o1. The van der Waals surface area contributed by atoms with Gasteiger partial charge in [-0.3, -0.25) is 14.9 Å². The lowest BCUT2D eigenvalue weighted by Crippen LogP contribution is -2.18. The third-order valence-electron chi connectivity index (χ3n) is 4.66. The first kappa shape index (κ1) is 19.8. The highest BCUT2D eigenvalue weighted by Crippen LogP contribution is 2.30. The van der Waals surface area contributed by atoms with E-state index in [4.69, 9.17) is 9.15 Å². The molecule has 1 aromatic heterocycles. The van der Waals surface area contributed by atoms with Gasteiger partial charge in [-0.05, 0) is 41.1 Å². The van der Waals surface area contributed by atoms with Crippen LogP contribution in [-0.4, -0.2) is 24.2 Å². The molecule has 4 aromatic rings. The summed E-state index contributed by atoms with van der Waals surface area (Å²) in [6, 6.07) is 20.7. The van der Waals surface area contributed by atoms with E-state index in [-0.39, 0.29) is 5.69 Å². The molecule has 0 aliphatic heterocycles. The third kappa shape index (κ3) is 4.13. The lowest BCUT2D eigenvalue weighted by molar-refractivity contribution is -0.384. The summed E-state index contributed by atoms with van der Waals surface area (Å²) in [6.45, 7) is 0. The molecule has 0 aliphatic rings. The molecule has 0 spiro atoms. The fourth-order valence-corrected chi connectivity index (χ4v) is 3.19. The number of nitrogens with one attached hydrogen (secondary N) is 1. The first-order valence-corrected chi connectivity index (χ1v) is 9.30. The molecule has 0 aliphatic carbocycles. The number of carbonyl (C=O) groups excluding carboxylic acids is 1. The highest BCUT2D eigenvalue weighted by atomic mass is 16.6. The summed E-state index contributed by atoms with van der Waals surface area (Å²) in [5.41, 5.74) is 3.09. The molecule has 3 aromatic carbocycles. The number of para-hydroxylation sites is 1. The zero-order chi connectivity index (χ0) is 21.8. The van der Waals surface area contributed by atoms with E-state index in [1.165, 1.54) is 19.4 Å². The van der Waals surface area contributed by atoms with E-state index in [0.29, 0.717) is 28.4 Å². The standard InChI is InChI=1S/C23H17N3O5/c1-30-22-13-16-7-3-2-6-15(16)12-19(22)23(27)25-24-14-17-10-11-21(31-17)18-8-4-5-9-20(18)26(28)29/h2-14H,1H3,(H,25,27)/b24-14+. The average molecular weight is 415 g/mol. The van der Waals surface area contributed by atoms with Gasteiger partial charge in [-0.25, -0.2) is 5.43 Å². The van der Waals surface area contributed by atoms with Gasteiger partial charge in [0.25, 0.3) is 11.6 Å². The van der Waals surface area contributed by atoms with Crippen molar-refractivity contribution in [3.63, 3.8) is 0 Å². The van der Waals surface area contributed by atoms with Crippen LogP contribution in [0.1, 0.15) is 16.1 Å². The minimum Gasteiger partial charge on any atom is -0.496 e. The monoisotopic (exact) mass is 415 g/mol. The summed E-state index contributed by atoms with van der Waals surface area (Å²) in [4.78, 5) is 23.3. The minimum absolute atomic E-state index is 0.0583. The van der Waals surface area contributed by atoms with Gasteiger partial charge in [0.1, 0.15) is 17.3 Å². The number of benzene rings is 3. The number of nitro groups is 1. The molecule has 1 amide bonds.